The second-order valence-corrected chi connectivity index (χ2v) is 8.04. The Morgan fingerprint density at radius 2 is 1.62 bits per heavy atom. The minimum absolute atomic E-state index is 0.204. The quantitative estimate of drug-likeness (QED) is 0.340. The molecule has 0 amide bonds. The van der Waals surface area contributed by atoms with Crippen LogP contribution in [0.2, 0.25) is 0 Å². The lowest BCUT2D eigenvalue weighted by Gasteiger charge is -2.11. The van der Waals surface area contributed by atoms with Gasteiger partial charge in [-0.05, 0) is 56.3 Å². The molecule has 0 unspecified atom stereocenters. The van der Waals surface area contributed by atoms with E-state index in [9.17, 15) is 4.79 Å². The minimum Gasteiger partial charge on any atom is -0.497 e. The van der Waals surface area contributed by atoms with Gasteiger partial charge < -0.3 is 9.30 Å². The Balaban J connectivity index is 1.62. The highest BCUT2D eigenvalue weighted by molar-refractivity contribution is 5.83. The van der Waals surface area contributed by atoms with Crippen molar-refractivity contribution in [1.29, 1.82) is 0 Å². The van der Waals surface area contributed by atoms with Gasteiger partial charge in [-0.3, -0.25) is 4.79 Å². The van der Waals surface area contributed by atoms with Gasteiger partial charge in [-0.2, -0.15) is 9.78 Å². The number of aromatic nitrogens is 3. The molecule has 0 N–H and O–H groups in total. The molecule has 0 aliphatic heterocycles. The topological polar surface area (TPSA) is 61.4 Å². The van der Waals surface area contributed by atoms with Crippen molar-refractivity contribution >= 4 is 17.1 Å². The highest BCUT2D eigenvalue weighted by Crippen LogP contribution is 2.23. The second kappa shape index (κ2) is 8.83. The van der Waals surface area contributed by atoms with Crippen LogP contribution in [-0.4, -0.2) is 27.6 Å². The maximum atomic E-state index is 13.4. The van der Waals surface area contributed by atoms with E-state index in [4.69, 9.17) is 9.72 Å². The van der Waals surface area contributed by atoms with Crippen molar-refractivity contribution in [3.63, 3.8) is 0 Å². The molecule has 2 aromatic heterocycles. The van der Waals surface area contributed by atoms with E-state index in [0.717, 1.165) is 34.0 Å². The van der Waals surface area contributed by atoms with Crippen LogP contribution in [0.1, 0.15) is 17.0 Å². The summed E-state index contributed by atoms with van der Waals surface area (Å²) in [6.07, 6.45) is 1.73. The Labute approximate surface area is 197 Å². The van der Waals surface area contributed by atoms with E-state index in [1.54, 1.807) is 19.4 Å². The first-order valence-electron chi connectivity index (χ1n) is 11.0. The minimum atomic E-state index is -0.204. The summed E-state index contributed by atoms with van der Waals surface area (Å²) in [5.41, 5.74) is 5.31. The van der Waals surface area contributed by atoms with Gasteiger partial charge in [0.1, 0.15) is 5.75 Å². The van der Waals surface area contributed by atoms with Gasteiger partial charge in [0.2, 0.25) is 0 Å². The Bertz CT molecular complexity index is 1560. The monoisotopic (exact) mass is 448 g/mol. The fourth-order valence-electron chi connectivity index (χ4n) is 4.17. The predicted molar refractivity (Wildman–Crippen MR) is 136 cm³/mol. The summed E-state index contributed by atoms with van der Waals surface area (Å²) in [6, 6.07) is 27.0. The van der Waals surface area contributed by atoms with Gasteiger partial charge in [-0.25, -0.2) is 4.98 Å². The SMILES string of the molecule is COc1ccc(-n2c(C)cc(C=Nn3c(-c4ccccc4)nc4ccccc4c3=O)c2C)cc1. The summed E-state index contributed by atoms with van der Waals surface area (Å²) in [5.74, 6) is 1.31. The van der Waals surface area contributed by atoms with Crippen molar-refractivity contribution in [1.82, 2.24) is 14.2 Å². The maximum Gasteiger partial charge on any atom is 0.282 e. The van der Waals surface area contributed by atoms with Crippen LogP contribution in [0, 0.1) is 13.8 Å². The molecule has 5 aromatic rings. The highest BCUT2D eigenvalue weighted by atomic mass is 16.5. The summed E-state index contributed by atoms with van der Waals surface area (Å²) >= 11 is 0. The number of hydrogen-bond acceptors (Lipinski definition) is 4. The number of fused-ring (bicyclic) bond motifs is 1. The Morgan fingerprint density at radius 3 is 2.35 bits per heavy atom. The predicted octanol–water partition coefficient (Wildman–Crippen LogP) is 5.36. The van der Waals surface area contributed by atoms with E-state index >= 15 is 0 Å². The maximum absolute atomic E-state index is 13.4. The van der Waals surface area contributed by atoms with Gasteiger partial charge in [-0.1, -0.05) is 42.5 Å². The lowest BCUT2D eigenvalue weighted by molar-refractivity contribution is 0.414. The molecule has 0 aliphatic rings. The fourth-order valence-corrected chi connectivity index (χ4v) is 4.17. The van der Waals surface area contributed by atoms with Gasteiger partial charge in [0.15, 0.2) is 5.82 Å². The van der Waals surface area contributed by atoms with Crippen LogP contribution >= 0.6 is 0 Å². The van der Waals surface area contributed by atoms with Crippen LogP contribution in [0.25, 0.3) is 28.0 Å². The number of benzene rings is 3. The molecule has 5 rings (SSSR count). The molecule has 0 atom stereocenters. The van der Waals surface area contributed by atoms with Crippen LogP contribution < -0.4 is 10.3 Å². The number of para-hydroxylation sites is 1. The van der Waals surface area contributed by atoms with Crippen LogP contribution in [0.4, 0.5) is 0 Å². The van der Waals surface area contributed by atoms with Gasteiger partial charge >= 0.3 is 0 Å². The first-order valence-corrected chi connectivity index (χ1v) is 11.0. The van der Waals surface area contributed by atoms with Crippen LogP contribution in [0.5, 0.6) is 5.75 Å². The van der Waals surface area contributed by atoms with Crippen molar-refractivity contribution in [2.75, 3.05) is 7.11 Å². The number of nitrogens with zero attached hydrogens (tertiary/aromatic N) is 4. The van der Waals surface area contributed by atoms with Crippen LogP contribution in [0.3, 0.4) is 0 Å². The Morgan fingerprint density at radius 1 is 0.912 bits per heavy atom. The summed E-state index contributed by atoms with van der Waals surface area (Å²) < 4.78 is 8.82. The molecule has 0 radical (unpaired) electrons. The summed E-state index contributed by atoms with van der Waals surface area (Å²) in [5, 5.41) is 5.15. The number of methoxy groups -OCH3 is 1. The molecule has 168 valence electrons. The molecular formula is C28H24N4O2. The number of rotatable bonds is 5. The smallest absolute Gasteiger partial charge is 0.282 e. The first kappa shape index (κ1) is 21.4. The molecular weight excluding hydrogens is 424 g/mol. The summed E-state index contributed by atoms with van der Waals surface area (Å²) in [4.78, 5) is 18.1. The van der Waals surface area contributed by atoms with Crippen LogP contribution in [-0.2, 0) is 0 Å². The number of ether oxygens (including phenoxy) is 1. The summed E-state index contributed by atoms with van der Waals surface area (Å²) in [6.45, 7) is 4.09. The van der Waals surface area contributed by atoms with E-state index in [0.29, 0.717) is 16.7 Å². The number of aryl methyl sites for hydroxylation is 1. The third-order valence-electron chi connectivity index (χ3n) is 5.90. The van der Waals surface area contributed by atoms with Gasteiger partial charge in [0.25, 0.3) is 5.56 Å². The van der Waals surface area contributed by atoms with Crippen LogP contribution in [0.15, 0.2) is 94.8 Å². The molecule has 0 saturated heterocycles. The van der Waals surface area contributed by atoms with Gasteiger partial charge in [0.05, 0.1) is 24.2 Å². The molecule has 0 spiro atoms. The van der Waals surface area contributed by atoms with Gasteiger partial charge in [-0.15, -0.1) is 0 Å². The van der Waals surface area contributed by atoms with Crippen molar-refractivity contribution < 1.29 is 4.74 Å². The van der Waals surface area contributed by atoms with Crippen molar-refractivity contribution in [2.24, 2.45) is 5.10 Å². The lowest BCUT2D eigenvalue weighted by atomic mass is 10.2. The fraction of sp³-hybridized carbons (Fsp3) is 0.107. The molecule has 0 bridgehead atoms. The standard InChI is InChI=1S/C28H24N4O2/c1-19-17-22(20(2)31(19)23-13-15-24(34-3)16-14-23)18-29-32-27(21-9-5-4-6-10-21)30-26-12-8-7-11-25(26)28(32)33/h4-18H,1-3H3. The van der Waals surface area contributed by atoms with Crippen molar-refractivity contribution in [2.45, 2.75) is 13.8 Å². The lowest BCUT2D eigenvalue weighted by Crippen LogP contribution is -2.20. The van der Waals surface area contributed by atoms with E-state index in [-0.39, 0.29) is 5.56 Å². The zero-order valence-electron chi connectivity index (χ0n) is 19.3. The Kier molecular flexibility index (Phi) is 5.55. The van der Waals surface area contributed by atoms with Gasteiger partial charge in [0, 0.05) is 28.2 Å². The van der Waals surface area contributed by atoms with E-state index in [1.165, 1.54) is 4.68 Å². The van der Waals surface area contributed by atoms with Crippen molar-refractivity contribution in [3.05, 3.63) is 112 Å². The zero-order chi connectivity index (χ0) is 23.7. The average molecular weight is 449 g/mol. The molecule has 2 heterocycles. The third kappa shape index (κ3) is 3.79. The van der Waals surface area contributed by atoms with E-state index < -0.39 is 0 Å². The van der Waals surface area contributed by atoms with E-state index in [2.05, 4.69) is 15.7 Å². The highest BCUT2D eigenvalue weighted by Gasteiger charge is 2.13. The van der Waals surface area contributed by atoms with Crippen molar-refractivity contribution in [3.8, 4) is 22.8 Å². The first-order chi connectivity index (χ1) is 16.6. The average Bonchev–Trinajstić information content (AvgIpc) is 3.16. The second-order valence-electron chi connectivity index (χ2n) is 8.04. The third-order valence-corrected chi connectivity index (χ3v) is 5.90. The molecule has 3 aromatic carbocycles. The normalized spacial score (nSPS) is 11.4. The zero-order valence-corrected chi connectivity index (χ0v) is 19.3. The Hall–Kier alpha value is -4.45. The molecule has 6 heteroatoms. The molecule has 6 nitrogen and oxygen atoms in total. The van der Waals surface area contributed by atoms with E-state index in [1.807, 2.05) is 86.6 Å². The molecule has 0 aliphatic carbocycles. The molecule has 34 heavy (non-hydrogen) atoms. The number of hydrogen-bond donors (Lipinski definition) is 0. The molecule has 0 saturated carbocycles. The largest absolute Gasteiger partial charge is 0.497 e. The molecule has 0 fully saturated rings. The summed E-state index contributed by atoms with van der Waals surface area (Å²) in [7, 11) is 1.66.